The maximum atomic E-state index is 13.9. The number of halogens is 2. The molecule has 2 N–H and O–H groups in total. The summed E-state index contributed by atoms with van der Waals surface area (Å²) in [5, 5.41) is 7.18. The summed E-state index contributed by atoms with van der Waals surface area (Å²) in [7, 11) is -2.74. The molecule has 38 heavy (non-hydrogen) atoms. The number of hydrogen-bond acceptors (Lipinski definition) is 6. The van der Waals surface area contributed by atoms with E-state index in [0.29, 0.717) is 39.2 Å². The highest BCUT2D eigenvalue weighted by molar-refractivity contribution is 7.70. The van der Waals surface area contributed by atoms with Crippen LogP contribution in [0.25, 0.3) is 0 Å². The van der Waals surface area contributed by atoms with Gasteiger partial charge < -0.3 is 15.2 Å². The van der Waals surface area contributed by atoms with E-state index < -0.39 is 13.0 Å². The molecule has 0 radical (unpaired) electrons. The Balaban J connectivity index is 1.17. The van der Waals surface area contributed by atoms with E-state index in [-0.39, 0.29) is 0 Å². The number of anilines is 4. The van der Waals surface area contributed by atoms with Crippen LogP contribution in [-0.2, 0) is 17.4 Å². The number of benzene rings is 2. The quantitative estimate of drug-likeness (QED) is 0.260. The van der Waals surface area contributed by atoms with E-state index >= 15 is 0 Å². The van der Waals surface area contributed by atoms with Crippen molar-refractivity contribution in [2.75, 3.05) is 37.1 Å². The lowest BCUT2D eigenvalue weighted by Gasteiger charge is -2.26. The van der Waals surface area contributed by atoms with Crippen molar-refractivity contribution >= 4 is 47.2 Å². The minimum Gasteiger partial charge on any atom is -0.338 e. The number of nitrogens with one attached hydrogen (secondary N) is 2. The number of likely N-dealkylation sites (tertiary alicyclic amines) is 1. The van der Waals surface area contributed by atoms with Gasteiger partial charge in [-0.15, -0.1) is 0 Å². The van der Waals surface area contributed by atoms with Crippen molar-refractivity contribution in [2.24, 2.45) is 5.41 Å². The van der Waals surface area contributed by atoms with Crippen LogP contribution in [0.15, 0.2) is 42.6 Å². The molecule has 3 aliphatic rings. The van der Waals surface area contributed by atoms with Crippen molar-refractivity contribution in [3.63, 3.8) is 0 Å². The van der Waals surface area contributed by atoms with Crippen LogP contribution in [0, 0.1) is 11.2 Å². The van der Waals surface area contributed by atoms with Crippen LogP contribution in [0.1, 0.15) is 43.2 Å². The minimum atomic E-state index is -2.74. The van der Waals surface area contributed by atoms with Crippen LogP contribution in [-0.4, -0.2) is 47.3 Å². The summed E-state index contributed by atoms with van der Waals surface area (Å²) in [6, 6.07) is 11.4. The SMILES string of the molecule is CP(C)(=O)c1cc(F)ccc1Nc1nc(Nc2ccc3c(c2)CC[C@H](N2CCC4(CC4)C2)CC3)ncc1Cl. The number of aryl methyl sites for hydroxylation is 2. The predicted molar refractivity (Wildman–Crippen MR) is 154 cm³/mol. The summed E-state index contributed by atoms with van der Waals surface area (Å²) in [5.74, 6) is 0.324. The van der Waals surface area contributed by atoms with Gasteiger partial charge in [0.2, 0.25) is 5.95 Å². The van der Waals surface area contributed by atoms with Gasteiger partial charge in [-0.25, -0.2) is 9.37 Å². The van der Waals surface area contributed by atoms with Crippen LogP contribution in [0.5, 0.6) is 0 Å². The van der Waals surface area contributed by atoms with Crippen molar-refractivity contribution < 1.29 is 8.96 Å². The first-order valence-electron chi connectivity index (χ1n) is 13.5. The molecule has 1 saturated carbocycles. The molecular weight excluding hydrogens is 520 g/mol. The molecule has 1 aliphatic heterocycles. The lowest BCUT2D eigenvalue weighted by atomic mass is 10.0. The molecule has 0 unspecified atom stereocenters. The molecule has 3 aromatic rings. The normalized spacial score (nSPS) is 20.7. The summed E-state index contributed by atoms with van der Waals surface area (Å²) in [6.07, 6.45) is 10.4. The first kappa shape index (κ1) is 25.8. The van der Waals surface area contributed by atoms with Crippen LogP contribution in [0.3, 0.4) is 0 Å². The van der Waals surface area contributed by atoms with Crippen molar-refractivity contribution in [2.45, 2.75) is 51.0 Å². The van der Waals surface area contributed by atoms with Gasteiger partial charge in [0.05, 0.1) is 11.9 Å². The zero-order valence-corrected chi connectivity index (χ0v) is 23.6. The first-order chi connectivity index (χ1) is 18.2. The Kier molecular flexibility index (Phi) is 6.74. The zero-order chi connectivity index (χ0) is 26.5. The summed E-state index contributed by atoms with van der Waals surface area (Å²) < 4.78 is 26.6. The molecule has 2 heterocycles. The fourth-order valence-electron chi connectivity index (χ4n) is 6.03. The molecule has 6 nitrogen and oxygen atoms in total. The lowest BCUT2D eigenvalue weighted by molar-refractivity contribution is 0.212. The maximum absolute atomic E-state index is 13.9. The van der Waals surface area contributed by atoms with Crippen molar-refractivity contribution in [1.82, 2.24) is 14.9 Å². The van der Waals surface area contributed by atoms with Gasteiger partial charge in [-0.05, 0) is 112 Å². The Morgan fingerprint density at radius 2 is 1.84 bits per heavy atom. The van der Waals surface area contributed by atoms with Crippen LogP contribution in [0.4, 0.5) is 27.5 Å². The highest BCUT2D eigenvalue weighted by Gasteiger charge is 2.48. The number of rotatable bonds is 6. The number of fused-ring (bicyclic) bond motifs is 1. The van der Waals surface area contributed by atoms with E-state index in [0.717, 1.165) is 18.5 Å². The van der Waals surface area contributed by atoms with Crippen molar-refractivity contribution in [3.05, 3.63) is 64.6 Å². The molecular formula is C29H34ClFN5OP. The van der Waals surface area contributed by atoms with Gasteiger partial charge in [-0.1, -0.05) is 17.7 Å². The standard InChI is InChI=1S/C29H34ClFN5OP/c1-38(2,37)26-16-21(31)6-10-25(26)34-27-24(30)17-32-28(35-27)33-22-7-3-19-4-8-23(9-5-20(19)15-22)36-14-13-29(18-36)11-12-29/h3,6-7,10,15-17,23H,4-5,8-9,11-14,18H2,1-2H3,(H2,32,33,34,35)/t23-/m1/s1. The molecule has 0 amide bonds. The number of hydrogen-bond donors (Lipinski definition) is 2. The van der Waals surface area contributed by atoms with Gasteiger partial charge in [-0.2, -0.15) is 4.98 Å². The topological polar surface area (TPSA) is 70.2 Å². The fourth-order valence-corrected chi connectivity index (χ4v) is 7.31. The minimum absolute atomic E-state index is 0.315. The molecule has 1 aromatic heterocycles. The smallest absolute Gasteiger partial charge is 0.229 e. The van der Waals surface area contributed by atoms with Gasteiger partial charge in [0.1, 0.15) is 18.0 Å². The van der Waals surface area contributed by atoms with Gasteiger partial charge in [0, 0.05) is 23.6 Å². The largest absolute Gasteiger partial charge is 0.338 e. The summed E-state index contributed by atoms with van der Waals surface area (Å²) in [5.41, 5.74) is 4.94. The third-order valence-electron chi connectivity index (χ3n) is 8.43. The Bertz CT molecular complexity index is 1420. The average molecular weight is 554 g/mol. The molecule has 6 rings (SSSR count). The monoisotopic (exact) mass is 553 g/mol. The highest BCUT2D eigenvalue weighted by Crippen LogP contribution is 2.53. The molecule has 1 atom stereocenters. The number of aromatic nitrogens is 2. The molecule has 2 fully saturated rings. The zero-order valence-electron chi connectivity index (χ0n) is 21.9. The molecule has 200 valence electrons. The lowest BCUT2D eigenvalue weighted by Crippen LogP contribution is -2.33. The fraction of sp³-hybridized carbons (Fsp3) is 0.448. The second-order valence-corrected chi connectivity index (χ2v) is 15.2. The molecule has 9 heteroatoms. The second kappa shape index (κ2) is 9.93. The molecule has 0 bridgehead atoms. The van der Waals surface area contributed by atoms with E-state index in [1.54, 1.807) is 19.4 Å². The Morgan fingerprint density at radius 1 is 1.05 bits per heavy atom. The summed E-state index contributed by atoms with van der Waals surface area (Å²) >= 11 is 6.39. The van der Waals surface area contributed by atoms with E-state index in [2.05, 4.69) is 43.7 Å². The van der Waals surface area contributed by atoms with E-state index in [1.165, 1.54) is 74.7 Å². The predicted octanol–water partition coefficient (Wildman–Crippen LogP) is 6.74. The molecule has 1 spiro atoms. The Labute approximate surface area is 228 Å². The van der Waals surface area contributed by atoms with Crippen LogP contribution < -0.4 is 15.9 Å². The third-order valence-corrected chi connectivity index (χ3v) is 10.2. The van der Waals surface area contributed by atoms with Gasteiger partial charge in [0.15, 0.2) is 5.82 Å². The maximum Gasteiger partial charge on any atom is 0.229 e. The Morgan fingerprint density at radius 3 is 2.58 bits per heavy atom. The van der Waals surface area contributed by atoms with E-state index in [4.69, 9.17) is 11.6 Å². The highest BCUT2D eigenvalue weighted by atomic mass is 35.5. The van der Waals surface area contributed by atoms with Crippen molar-refractivity contribution in [3.8, 4) is 0 Å². The second-order valence-electron chi connectivity index (χ2n) is 11.6. The van der Waals surface area contributed by atoms with Gasteiger partial charge in [-0.3, -0.25) is 4.90 Å². The molecule has 2 aromatic carbocycles. The molecule has 1 saturated heterocycles. The average Bonchev–Trinajstić information content (AvgIpc) is 3.56. The first-order valence-corrected chi connectivity index (χ1v) is 16.4. The van der Waals surface area contributed by atoms with E-state index in [9.17, 15) is 8.96 Å². The third kappa shape index (κ3) is 5.47. The van der Waals surface area contributed by atoms with Crippen LogP contribution >= 0.6 is 18.7 Å². The summed E-state index contributed by atoms with van der Waals surface area (Å²) in [6.45, 7) is 5.79. The van der Waals surface area contributed by atoms with Gasteiger partial charge >= 0.3 is 0 Å². The van der Waals surface area contributed by atoms with Gasteiger partial charge in [0.25, 0.3) is 0 Å². The van der Waals surface area contributed by atoms with Crippen LogP contribution in [0.2, 0.25) is 5.02 Å². The van der Waals surface area contributed by atoms with E-state index in [1.807, 2.05) is 0 Å². The number of nitrogens with zero attached hydrogens (tertiary/aromatic N) is 3. The summed E-state index contributed by atoms with van der Waals surface area (Å²) in [4.78, 5) is 11.7. The molecule has 2 aliphatic carbocycles. The Hall–Kier alpha value is -2.47. The van der Waals surface area contributed by atoms with Crippen molar-refractivity contribution in [1.29, 1.82) is 0 Å².